The average molecular weight is 396 g/mol. The van der Waals surface area contributed by atoms with E-state index >= 15 is 0 Å². The molecule has 0 fully saturated rings. The minimum Gasteiger partial charge on any atom is -0.338 e. The Morgan fingerprint density at radius 2 is 2.00 bits per heavy atom. The maximum Gasteiger partial charge on any atom is 0.265 e. The topological polar surface area (TPSA) is 72.2 Å². The zero-order valence-corrected chi connectivity index (χ0v) is 13.1. The second kappa shape index (κ2) is 5.02. The van der Waals surface area contributed by atoms with Gasteiger partial charge in [-0.1, -0.05) is 21.1 Å². The van der Waals surface area contributed by atoms with Gasteiger partial charge in [-0.2, -0.15) is 0 Å². The molecule has 1 aromatic carbocycles. The number of anilines is 1. The fourth-order valence-electron chi connectivity index (χ4n) is 1.28. The number of aromatic nitrogens is 1. The van der Waals surface area contributed by atoms with Crippen molar-refractivity contribution in [2.75, 3.05) is 4.72 Å². The lowest BCUT2D eigenvalue weighted by atomic mass is 10.4. The number of hydrogen-bond acceptors (Lipinski definition) is 4. The molecule has 5 nitrogen and oxygen atoms in total. The Labute approximate surface area is 121 Å². The fraction of sp³-hybridized carbons (Fsp3) is 0.100. The number of aryl methyl sites for hydroxylation is 1. The molecular weight excluding hydrogens is 388 g/mol. The van der Waals surface area contributed by atoms with Gasteiger partial charge in [-0.3, -0.25) is 0 Å². The van der Waals surface area contributed by atoms with E-state index < -0.39 is 10.0 Å². The van der Waals surface area contributed by atoms with Crippen LogP contribution in [0.1, 0.15) is 5.69 Å². The number of sulfonamides is 1. The predicted octanol–water partition coefficient (Wildman–Crippen LogP) is 3.31. The highest BCUT2D eigenvalue weighted by molar-refractivity contribution is 9.11. The van der Waals surface area contributed by atoms with Crippen LogP contribution in [0.2, 0.25) is 0 Å². The van der Waals surface area contributed by atoms with Crippen molar-refractivity contribution < 1.29 is 12.9 Å². The maximum atomic E-state index is 12.1. The first kappa shape index (κ1) is 13.6. The Morgan fingerprint density at radius 1 is 1.28 bits per heavy atom. The van der Waals surface area contributed by atoms with Gasteiger partial charge in [0.25, 0.3) is 10.0 Å². The molecule has 0 aliphatic heterocycles. The summed E-state index contributed by atoms with van der Waals surface area (Å²) in [5, 5.41) is 3.61. The fourth-order valence-corrected chi connectivity index (χ4v) is 3.76. The van der Waals surface area contributed by atoms with E-state index in [9.17, 15) is 8.42 Å². The average Bonchev–Trinajstić information content (AvgIpc) is 2.66. The second-order valence-corrected chi connectivity index (χ2v) is 6.93. The molecule has 96 valence electrons. The molecule has 0 saturated carbocycles. The van der Waals surface area contributed by atoms with E-state index in [1.54, 1.807) is 19.1 Å². The third-order valence-corrected chi connectivity index (χ3v) is 4.88. The molecule has 0 unspecified atom stereocenters. The molecule has 1 aromatic heterocycles. The van der Waals surface area contributed by atoms with Gasteiger partial charge in [-0.15, -0.1) is 0 Å². The lowest BCUT2D eigenvalue weighted by molar-refractivity contribution is 0.430. The van der Waals surface area contributed by atoms with E-state index in [0.717, 1.165) is 0 Å². The molecular formula is C10H8Br2N2O3S. The monoisotopic (exact) mass is 394 g/mol. The Morgan fingerprint density at radius 3 is 2.61 bits per heavy atom. The minimum atomic E-state index is -3.71. The van der Waals surface area contributed by atoms with Gasteiger partial charge in [-0.25, -0.2) is 13.1 Å². The van der Waals surface area contributed by atoms with Gasteiger partial charge in [0.05, 0.1) is 5.69 Å². The van der Waals surface area contributed by atoms with Crippen molar-refractivity contribution in [1.82, 2.24) is 5.16 Å². The van der Waals surface area contributed by atoms with Gasteiger partial charge >= 0.3 is 0 Å². The number of benzene rings is 1. The predicted molar refractivity (Wildman–Crippen MR) is 73.9 cm³/mol. The van der Waals surface area contributed by atoms with Crippen LogP contribution in [0.3, 0.4) is 0 Å². The number of rotatable bonds is 3. The molecule has 1 heterocycles. The normalized spacial score (nSPS) is 11.5. The van der Waals surface area contributed by atoms with Crippen LogP contribution >= 0.6 is 31.9 Å². The molecule has 2 rings (SSSR count). The SMILES string of the molecule is Cc1cc(NS(=O)(=O)c2cc(Br)ccc2Br)on1. The van der Waals surface area contributed by atoms with Crippen LogP contribution in [0.25, 0.3) is 0 Å². The largest absolute Gasteiger partial charge is 0.338 e. The van der Waals surface area contributed by atoms with E-state index in [1.165, 1.54) is 12.1 Å². The molecule has 0 atom stereocenters. The first-order chi connectivity index (χ1) is 8.38. The molecule has 8 heteroatoms. The summed E-state index contributed by atoms with van der Waals surface area (Å²) in [6.45, 7) is 1.70. The third kappa shape index (κ3) is 2.93. The molecule has 18 heavy (non-hydrogen) atoms. The van der Waals surface area contributed by atoms with Crippen molar-refractivity contribution in [3.63, 3.8) is 0 Å². The molecule has 0 bridgehead atoms. The maximum absolute atomic E-state index is 12.1. The zero-order valence-electron chi connectivity index (χ0n) is 9.15. The van der Waals surface area contributed by atoms with Crippen molar-refractivity contribution in [3.05, 3.63) is 38.9 Å². The number of hydrogen-bond donors (Lipinski definition) is 1. The van der Waals surface area contributed by atoms with E-state index in [4.69, 9.17) is 4.52 Å². The van der Waals surface area contributed by atoms with Crippen molar-refractivity contribution in [2.24, 2.45) is 0 Å². The summed E-state index contributed by atoms with van der Waals surface area (Å²) in [6.07, 6.45) is 0. The Hall–Kier alpha value is -0.860. The van der Waals surface area contributed by atoms with Crippen LogP contribution in [0.5, 0.6) is 0 Å². The van der Waals surface area contributed by atoms with E-state index in [-0.39, 0.29) is 10.8 Å². The van der Waals surface area contributed by atoms with Gasteiger partial charge in [0.15, 0.2) is 0 Å². The smallest absolute Gasteiger partial charge is 0.265 e. The highest BCUT2D eigenvalue weighted by Crippen LogP contribution is 2.27. The molecule has 0 aliphatic rings. The van der Waals surface area contributed by atoms with Gasteiger partial charge in [0.1, 0.15) is 4.90 Å². The van der Waals surface area contributed by atoms with Gasteiger partial charge in [-0.05, 0) is 41.1 Å². The summed E-state index contributed by atoms with van der Waals surface area (Å²) in [6, 6.07) is 6.38. The summed E-state index contributed by atoms with van der Waals surface area (Å²) < 4.78 is 32.5. The first-order valence-electron chi connectivity index (χ1n) is 4.80. The van der Waals surface area contributed by atoms with Gasteiger partial charge in [0.2, 0.25) is 5.88 Å². The molecule has 0 amide bonds. The molecule has 0 aliphatic carbocycles. The lowest BCUT2D eigenvalue weighted by Crippen LogP contribution is -2.13. The van der Waals surface area contributed by atoms with E-state index in [1.807, 2.05) is 0 Å². The first-order valence-corrected chi connectivity index (χ1v) is 7.86. The van der Waals surface area contributed by atoms with Gasteiger partial charge in [0, 0.05) is 15.0 Å². The van der Waals surface area contributed by atoms with Gasteiger partial charge < -0.3 is 4.52 Å². The summed E-state index contributed by atoms with van der Waals surface area (Å²) in [7, 11) is -3.71. The van der Waals surface area contributed by atoms with Crippen LogP contribution in [-0.4, -0.2) is 13.6 Å². The Kier molecular flexibility index (Phi) is 3.79. The van der Waals surface area contributed by atoms with Crippen molar-refractivity contribution in [1.29, 1.82) is 0 Å². The summed E-state index contributed by atoms with van der Waals surface area (Å²) >= 11 is 6.43. The summed E-state index contributed by atoms with van der Waals surface area (Å²) in [5.41, 5.74) is 0.598. The van der Waals surface area contributed by atoms with Crippen molar-refractivity contribution in [3.8, 4) is 0 Å². The van der Waals surface area contributed by atoms with E-state index in [2.05, 4.69) is 41.7 Å². The highest BCUT2D eigenvalue weighted by atomic mass is 79.9. The number of nitrogens with one attached hydrogen (secondary N) is 1. The Balaban J connectivity index is 2.39. The van der Waals surface area contributed by atoms with Crippen molar-refractivity contribution in [2.45, 2.75) is 11.8 Å². The van der Waals surface area contributed by atoms with Crippen LogP contribution in [0, 0.1) is 6.92 Å². The van der Waals surface area contributed by atoms with Crippen LogP contribution in [0.15, 0.2) is 42.6 Å². The molecule has 2 aromatic rings. The molecule has 0 spiro atoms. The van der Waals surface area contributed by atoms with E-state index in [0.29, 0.717) is 14.6 Å². The van der Waals surface area contributed by atoms with Crippen LogP contribution in [0.4, 0.5) is 5.88 Å². The minimum absolute atomic E-state index is 0.0828. The highest BCUT2D eigenvalue weighted by Gasteiger charge is 2.19. The zero-order chi connectivity index (χ0) is 13.3. The standard InChI is InChI=1S/C10H8Br2N2O3S/c1-6-4-10(17-13-6)14-18(15,16)9-5-7(11)2-3-8(9)12/h2-5,14H,1H3. The summed E-state index contributed by atoms with van der Waals surface area (Å²) in [4.78, 5) is 0.117. The Bertz CT molecular complexity index is 682. The van der Waals surface area contributed by atoms with Crippen LogP contribution < -0.4 is 4.72 Å². The second-order valence-electron chi connectivity index (χ2n) is 3.51. The third-order valence-electron chi connectivity index (χ3n) is 2.05. The number of nitrogens with zero attached hydrogens (tertiary/aromatic N) is 1. The quantitative estimate of drug-likeness (QED) is 0.865. The number of halogens is 2. The summed E-state index contributed by atoms with van der Waals surface area (Å²) in [5.74, 6) is 0.0828. The van der Waals surface area contributed by atoms with Crippen molar-refractivity contribution >= 4 is 47.8 Å². The lowest BCUT2D eigenvalue weighted by Gasteiger charge is -2.07. The molecule has 0 radical (unpaired) electrons. The molecule has 1 N–H and O–H groups in total. The van der Waals surface area contributed by atoms with Crippen LogP contribution in [-0.2, 0) is 10.0 Å². The molecule has 0 saturated heterocycles.